The molecule has 8 heteroatoms. The number of hydrogen-bond acceptors (Lipinski definition) is 6. The molecule has 2 aliphatic rings. The molecule has 0 radical (unpaired) electrons. The number of fused-ring (bicyclic) bond motifs is 3. The minimum Gasteiger partial charge on any atom is -0.381 e. The molecule has 0 amide bonds. The average Bonchev–Trinajstić information content (AvgIpc) is 3.38. The summed E-state index contributed by atoms with van der Waals surface area (Å²) in [5.41, 5.74) is 5.26. The standard InChI is InChI=1S/C27H31ClN4O2S/c1-4-5-12-29-26-32-23-9-7-6-8-19(23)15-31-25(32)24(35-26)14-18-10-11-22(21(28)13-18)30-16-20-17-33-27(2,3)34-20/h6-11,13-14,20,30H,4-5,12,15-17H2,1-3H3/b24-14-,29-26?/t20-/m0/s1. The Morgan fingerprint density at radius 3 is 2.91 bits per heavy atom. The summed E-state index contributed by atoms with van der Waals surface area (Å²) < 4.78 is 14.8. The molecule has 6 nitrogen and oxygen atoms in total. The number of benzene rings is 2. The highest BCUT2D eigenvalue weighted by Gasteiger charge is 2.32. The van der Waals surface area contributed by atoms with Gasteiger partial charge in [-0.3, -0.25) is 14.6 Å². The monoisotopic (exact) mass is 510 g/mol. The first kappa shape index (κ1) is 24.3. The predicted octanol–water partition coefficient (Wildman–Crippen LogP) is 4.42. The molecule has 0 spiro atoms. The van der Waals surface area contributed by atoms with E-state index < -0.39 is 5.79 Å². The number of thiazole rings is 1. The molecule has 3 aromatic rings. The fourth-order valence-electron chi connectivity index (χ4n) is 4.31. The highest BCUT2D eigenvalue weighted by atomic mass is 35.5. The average molecular weight is 511 g/mol. The van der Waals surface area contributed by atoms with E-state index in [0.717, 1.165) is 45.5 Å². The van der Waals surface area contributed by atoms with Crippen LogP contribution >= 0.6 is 22.9 Å². The maximum atomic E-state index is 6.64. The summed E-state index contributed by atoms with van der Waals surface area (Å²) in [5.74, 6) is -0.528. The lowest BCUT2D eigenvalue weighted by Crippen LogP contribution is -2.35. The van der Waals surface area contributed by atoms with Gasteiger partial charge in [0, 0.05) is 13.1 Å². The van der Waals surface area contributed by atoms with Crippen LogP contribution in [0.1, 0.15) is 44.7 Å². The van der Waals surface area contributed by atoms with Crippen molar-refractivity contribution in [2.24, 2.45) is 9.98 Å². The van der Waals surface area contributed by atoms with E-state index in [4.69, 9.17) is 31.1 Å². The van der Waals surface area contributed by atoms with Crippen LogP contribution in [0.25, 0.3) is 11.8 Å². The predicted molar refractivity (Wildman–Crippen MR) is 142 cm³/mol. The maximum absolute atomic E-state index is 6.64. The van der Waals surface area contributed by atoms with Gasteiger partial charge in [0.2, 0.25) is 0 Å². The molecule has 0 unspecified atom stereocenters. The van der Waals surface area contributed by atoms with Crippen LogP contribution in [0.15, 0.2) is 52.4 Å². The number of halogens is 1. The summed E-state index contributed by atoms with van der Waals surface area (Å²) in [6.07, 6.45) is 4.35. The molecule has 1 saturated heterocycles. The van der Waals surface area contributed by atoms with E-state index in [9.17, 15) is 0 Å². The summed E-state index contributed by atoms with van der Waals surface area (Å²) in [7, 11) is 0. The number of nitrogens with zero attached hydrogens (tertiary/aromatic N) is 3. The number of ether oxygens (including phenoxy) is 2. The quantitative estimate of drug-likeness (QED) is 0.479. The summed E-state index contributed by atoms with van der Waals surface area (Å²) in [4.78, 5) is 10.8. The van der Waals surface area contributed by atoms with Crippen molar-refractivity contribution in [3.63, 3.8) is 0 Å². The molecule has 0 aliphatic carbocycles. The molecule has 0 saturated carbocycles. The lowest BCUT2D eigenvalue weighted by Gasteiger charge is -2.18. The lowest BCUT2D eigenvalue weighted by atomic mass is 10.1. The van der Waals surface area contributed by atoms with E-state index in [0.29, 0.717) is 24.7 Å². The van der Waals surface area contributed by atoms with E-state index in [-0.39, 0.29) is 6.10 Å². The molecular weight excluding hydrogens is 480 g/mol. The van der Waals surface area contributed by atoms with Crippen LogP contribution in [0.5, 0.6) is 0 Å². The van der Waals surface area contributed by atoms with Gasteiger partial charge in [0.15, 0.2) is 16.1 Å². The van der Waals surface area contributed by atoms with Crippen molar-refractivity contribution in [2.45, 2.75) is 52.0 Å². The van der Waals surface area contributed by atoms with Crippen molar-refractivity contribution in [1.29, 1.82) is 0 Å². The topological polar surface area (TPSA) is 60.1 Å². The second kappa shape index (κ2) is 10.3. The van der Waals surface area contributed by atoms with Crippen LogP contribution in [-0.4, -0.2) is 36.2 Å². The fourth-order valence-corrected chi connectivity index (χ4v) is 5.64. The molecule has 1 atom stereocenters. The number of nitrogens with one attached hydrogen (secondary N) is 1. The van der Waals surface area contributed by atoms with Gasteiger partial charge in [-0.1, -0.05) is 60.5 Å². The van der Waals surface area contributed by atoms with Crippen LogP contribution in [0.3, 0.4) is 0 Å². The molecule has 1 N–H and O–H groups in total. The number of para-hydroxylation sites is 1. The molecule has 0 bridgehead atoms. The zero-order valence-electron chi connectivity index (χ0n) is 20.4. The Morgan fingerprint density at radius 2 is 2.14 bits per heavy atom. The van der Waals surface area contributed by atoms with Crippen molar-refractivity contribution in [3.8, 4) is 5.69 Å². The summed E-state index contributed by atoms with van der Waals surface area (Å²) in [6, 6.07) is 14.5. The minimum atomic E-state index is -0.528. The van der Waals surface area contributed by atoms with Crippen molar-refractivity contribution >= 4 is 34.7 Å². The van der Waals surface area contributed by atoms with Crippen molar-refractivity contribution in [1.82, 2.24) is 4.57 Å². The van der Waals surface area contributed by atoms with Gasteiger partial charge < -0.3 is 14.8 Å². The Kier molecular flexibility index (Phi) is 7.12. The zero-order valence-corrected chi connectivity index (χ0v) is 22.0. The van der Waals surface area contributed by atoms with Crippen molar-refractivity contribution in [2.75, 3.05) is 25.0 Å². The third-order valence-electron chi connectivity index (χ3n) is 6.09. The van der Waals surface area contributed by atoms with Crippen LogP contribution < -0.4 is 20.1 Å². The van der Waals surface area contributed by atoms with E-state index in [1.165, 1.54) is 11.3 Å². The van der Waals surface area contributed by atoms with Crippen LogP contribution in [0.2, 0.25) is 5.02 Å². The second-order valence-corrected chi connectivity index (χ2v) is 10.7. The molecule has 1 fully saturated rings. The highest BCUT2D eigenvalue weighted by Crippen LogP contribution is 2.26. The Hall–Kier alpha value is -2.45. The van der Waals surface area contributed by atoms with E-state index in [1.807, 2.05) is 26.0 Å². The summed E-state index contributed by atoms with van der Waals surface area (Å²) in [6.45, 7) is 8.75. The number of unbranched alkanes of at least 4 members (excludes halogenated alkanes) is 1. The van der Waals surface area contributed by atoms with Crippen LogP contribution in [0.4, 0.5) is 5.69 Å². The molecular formula is C27H31ClN4O2S. The first-order valence-corrected chi connectivity index (χ1v) is 13.3. The molecule has 1 aromatic heterocycles. The molecule has 5 rings (SSSR count). The summed E-state index contributed by atoms with van der Waals surface area (Å²) >= 11 is 8.32. The normalized spacial score (nSPS) is 19.4. The lowest BCUT2D eigenvalue weighted by molar-refractivity contribution is -0.136. The Bertz CT molecular complexity index is 1410. The Labute approximate surface area is 214 Å². The van der Waals surface area contributed by atoms with E-state index in [2.05, 4.69) is 53.2 Å². The third kappa shape index (κ3) is 5.38. The minimum absolute atomic E-state index is 0.00124. The zero-order chi connectivity index (χ0) is 24.4. The SMILES string of the molecule is CCCCN=c1s/c(=C\c2ccc(NC[C@H]3COC(C)(C)O3)c(Cl)c2)c2n1-c1ccccc1CN=2. The molecule has 184 valence electrons. The van der Waals surface area contributed by atoms with Crippen LogP contribution in [0, 0.1) is 0 Å². The maximum Gasteiger partial charge on any atom is 0.191 e. The van der Waals surface area contributed by atoms with Crippen LogP contribution in [-0.2, 0) is 16.0 Å². The van der Waals surface area contributed by atoms with Gasteiger partial charge in [-0.05, 0) is 55.7 Å². The number of rotatable bonds is 7. The first-order valence-electron chi connectivity index (χ1n) is 12.2. The third-order valence-corrected chi connectivity index (χ3v) is 7.42. The van der Waals surface area contributed by atoms with Gasteiger partial charge >= 0.3 is 0 Å². The first-order chi connectivity index (χ1) is 16.9. The Morgan fingerprint density at radius 1 is 1.29 bits per heavy atom. The van der Waals surface area contributed by atoms with Gasteiger partial charge in [-0.15, -0.1) is 0 Å². The van der Waals surface area contributed by atoms with E-state index in [1.54, 1.807) is 11.3 Å². The van der Waals surface area contributed by atoms with E-state index >= 15 is 0 Å². The summed E-state index contributed by atoms with van der Waals surface area (Å²) in [5, 5.41) is 4.06. The van der Waals surface area contributed by atoms with Crippen molar-refractivity contribution < 1.29 is 9.47 Å². The molecule has 3 heterocycles. The molecule has 35 heavy (non-hydrogen) atoms. The van der Waals surface area contributed by atoms with Gasteiger partial charge in [0.25, 0.3) is 0 Å². The van der Waals surface area contributed by atoms with Gasteiger partial charge in [-0.2, -0.15) is 0 Å². The van der Waals surface area contributed by atoms with Gasteiger partial charge in [0.1, 0.15) is 6.10 Å². The highest BCUT2D eigenvalue weighted by molar-refractivity contribution is 7.07. The number of anilines is 1. The fraction of sp³-hybridized carbons (Fsp3) is 0.407. The number of aromatic nitrogens is 1. The molecule has 2 aliphatic heterocycles. The Balaban J connectivity index is 1.45. The van der Waals surface area contributed by atoms with Gasteiger partial charge in [-0.25, -0.2) is 0 Å². The molecule has 2 aromatic carbocycles. The second-order valence-electron chi connectivity index (χ2n) is 9.30. The van der Waals surface area contributed by atoms with Crippen molar-refractivity contribution in [3.05, 3.63) is 73.4 Å². The largest absolute Gasteiger partial charge is 0.381 e. The smallest absolute Gasteiger partial charge is 0.191 e. The van der Waals surface area contributed by atoms with Gasteiger partial charge in [0.05, 0.1) is 34.1 Å². The number of hydrogen-bond donors (Lipinski definition) is 1.